The molecule has 43 heavy (non-hydrogen) atoms. The van der Waals surface area contributed by atoms with Gasteiger partial charge in [0, 0.05) is 0 Å². The number of allylic oxidation sites excluding steroid dienone is 4. The largest absolute Gasteiger partial charge is 0.147 e. The molecule has 0 N–H and O–H groups in total. The molecule has 0 fully saturated rings. The zero-order valence-electron chi connectivity index (χ0n) is 26.5. The van der Waals surface area contributed by atoms with Gasteiger partial charge in [0.15, 0.2) is 0 Å². The predicted molar refractivity (Wildman–Crippen MR) is 189 cm³/mol. The molecule has 0 nitrogen and oxygen atoms in total. The number of hydrogen-bond donors (Lipinski definition) is 0. The predicted octanol–water partition coefficient (Wildman–Crippen LogP) is 10.4. The molecule has 2 aliphatic rings. The van der Waals surface area contributed by atoms with Crippen molar-refractivity contribution < 1.29 is 21.3 Å². The van der Waals surface area contributed by atoms with E-state index < -0.39 is 21.3 Å². The zero-order valence-corrected chi connectivity index (χ0v) is 30.6. The summed E-state index contributed by atoms with van der Waals surface area (Å²) in [5, 5.41) is 0. The van der Waals surface area contributed by atoms with Crippen molar-refractivity contribution in [3.05, 3.63) is 145 Å². The Morgan fingerprint density at radius 2 is 1.26 bits per heavy atom. The first-order valence-corrected chi connectivity index (χ1v) is 18.7. The summed E-state index contributed by atoms with van der Waals surface area (Å²) in [5.41, 5.74) is 13.4. The van der Waals surface area contributed by atoms with Crippen molar-refractivity contribution in [2.75, 3.05) is 0 Å². The van der Waals surface area contributed by atoms with Crippen LogP contribution >= 0.6 is 24.8 Å². The van der Waals surface area contributed by atoms with Crippen molar-refractivity contribution in [3.8, 4) is 11.1 Å². The van der Waals surface area contributed by atoms with Crippen LogP contribution < -0.4 is 3.27 Å². The average Bonchev–Trinajstić information content (AvgIpc) is 3.54. The minimum absolute atomic E-state index is 0. The van der Waals surface area contributed by atoms with E-state index in [-0.39, 0.29) is 35.6 Å². The molecule has 0 amide bonds. The van der Waals surface area contributed by atoms with Crippen LogP contribution in [0.4, 0.5) is 0 Å². The fourth-order valence-corrected chi connectivity index (χ4v) is 15.8. The SMILES string of the molecule is CC1=CC[C]([Zr](=[C](c2ccccc2)c2ccccc2)[c]2c(C(C)(C)C)ccc3c2Cc2cc(C(C)(C)C)ccc2-3)=C1.Cl.Cl. The van der Waals surface area contributed by atoms with E-state index >= 15 is 0 Å². The summed E-state index contributed by atoms with van der Waals surface area (Å²) in [4.78, 5) is 0. The van der Waals surface area contributed by atoms with Crippen LogP contribution in [0.1, 0.15) is 88.3 Å². The normalized spacial score (nSPS) is 13.7. The Kier molecular flexibility index (Phi) is 10.1. The summed E-state index contributed by atoms with van der Waals surface area (Å²) in [6.45, 7) is 16.5. The van der Waals surface area contributed by atoms with E-state index in [1.165, 1.54) is 39.0 Å². The molecular weight excluding hydrogens is 643 g/mol. The molecular formula is C40H44Cl2Zr. The van der Waals surface area contributed by atoms with Gasteiger partial charge in [0.25, 0.3) is 0 Å². The van der Waals surface area contributed by atoms with E-state index in [2.05, 4.69) is 152 Å². The zero-order chi connectivity index (χ0) is 28.9. The Bertz CT molecular complexity index is 1690. The second-order valence-corrected chi connectivity index (χ2v) is 19.7. The van der Waals surface area contributed by atoms with Gasteiger partial charge in [-0.15, -0.1) is 24.8 Å². The number of benzene rings is 4. The van der Waals surface area contributed by atoms with Gasteiger partial charge in [-0.2, -0.15) is 0 Å². The van der Waals surface area contributed by atoms with Crippen LogP contribution in [-0.2, 0) is 38.5 Å². The topological polar surface area (TPSA) is 0 Å². The van der Waals surface area contributed by atoms with Crippen LogP contribution in [0.15, 0.2) is 112 Å². The molecule has 0 aliphatic heterocycles. The minimum Gasteiger partial charge on any atom is -0.147 e. The summed E-state index contributed by atoms with van der Waals surface area (Å²) in [6, 6.07) is 34.8. The van der Waals surface area contributed by atoms with Crippen molar-refractivity contribution in [1.29, 1.82) is 0 Å². The Morgan fingerprint density at radius 1 is 0.674 bits per heavy atom. The maximum atomic E-state index is 2.55. The molecule has 0 saturated carbocycles. The van der Waals surface area contributed by atoms with Gasteiger partial charge in [-0.1, -0.05) is 0 Å². The van der Waals surface area contributed by atoms with Gasteiger partial charge in [-0.05, 0) is 0 Å². The molecule has 4 aromatic rings. The Hall–Kier alpha value is -2.31. The smallest absolute Gasteiger partial charge is 0.147 e. The second-order valence-electron chi connectivity index (χ2n) is 13.9. The molecule has 0 aromatic heterocycles. The quantitative estimate of drug-likeness (QED) is 0.177. The van der Waals surface area contributed by atoms with Crippen LogP contribution in [0.5, 0.6) is 0 Å². The number of hydrogen-bond acceptors (Lipinski definition) is 0. The Labute approximate surface area is 279 Å². The number of rotatable bonds is 4. The van der Waals surface area contributed by atoms with E-state index in [0.717, 1.165) is 12.8 Å². The molecule has 2 aliphatic carbocycles. The van der Waals surface area contributed by atoms with Gasteiger partial charge < -0.3 is 0 Å². The standard InChI is InChI=1S/C21H25.C13H10.C6H7.2ClH.Zr/c1-20(2,3)16-7-9-18-14(12-16)11-15-13-17(21(4,5)6)8-10-19(15)18;1-3-7-12(8-4-1)11-13-9-5-2-6-10-13;1-6-4-2-3-5-6;;;/h7-10,12H,11H2,1-6H3;1-10H;4-5H,2H2,1H3;2*1H;. The molecule has 0 spiro atoms. The van der Waals surface area contributed by atoms with Crippen molar-refractivity contribution in [3.63, 3.8) is 0 Å². The van der Waals surface area contributed by atoms with E-state index in [1.807, 2.05) is 0 Å². The van der Waals surface area contributed by atoms with Crippen molar-refractivity contribution in [2.45, 2.75) is 72.1 Å². The van der Waals surface area contributed by atoms with Gasteiger partial charge in [-0.3, -0.25) is 0 Å². The minimum atomic E-state index is -2.74. The van der Waals surface area contributed by atoms with E-state index in [0.29, 0.717) is 0 Å². The van der Waals surface area contributed by atoms with E-state index in [4.69, 9.17) is 0 Å². The van der Waals surface area contributed by atoms with Crippen molar-refractivity contribution >= 4 is 31.3 Å². The van der Waals surface area contributed by atoms with Crippen molar-refractivity contribution in [2.24, 2.45) is 0 Å². The monoisotopic (exact) mass is 684 g/mol. The van der Waals surface area contributed by atoms with Gasteiger partial charge in [0.1, 0.15) is 0 Å². The molecule has 0 atom stereocenters. The van der Waals surface area contributed by atoms with Crippen LogP contribution in [-0.4, -0.2) is 3.21 Å². The maximum Gasteiger partial charge on any atom is -0.147 e. The van der Waals surface area contributed by atoms with Gasteiger partial charge >= 0.3 is 256 Å². The molecule has 0 heterocycles. The molecule has 0 bridgehead atoms. The first kappa shape index (κ1) is 33.6. The second kappa shape index (κ2) is 13.0. The third-order valence-corrected chi connectivity index (χ3v) is 16.5. The summed E-state index contributed by atoms with van der Waals surface area (Å²) in [6.07, 6.45) is 7.12. The van der Waals surface area contributed by atoms with Crippen LogP contribution in [0, 0.1) is 0 Å². The third kappa shape index (κ3) is 6.56. The van der Waals surface area contributed by atoms with Crippen LogP contribution in [0.25, 0.3) is 11.1 Å². The van der Waals surface area contributed by atoms with Gasteiger partial charge in [0.2, 0.25) is 0 Å². The summed E-state index contributed by atoms with van der Waals surface area (Å²) >= 11 is -2.74. The molecule has 222 valence electrons. The summed E-state index contributed by atoms with van der Waals surface area (Å²) in [5.74, 6) is 0. The van der Waals surface area contributed by atoms with Gasteiger partial charge in [-0.25, -0.2) is 0 Å². The maximum absolute atomic E-state index is 2.74. The van der Waals surface area contributed by atoms with Gasteiger partial charge in [0.05, 0.1) is 0 Å². The van der Waals surface area contributed by atoms with E-state index in [9.17, 15) is 0 Å². The summed E-state index contributed by atoms with van der Waals surface area (Å²) in [7, 11) is 0. The van der Waals surface area contributed by atoms with Crippen molar-refractivity contribution in [1.82, 2.24) is 0 Å². The number of fused-ring (bicyclic) bond motifs is 3. The molecule has 0 saturated heterocycles. The summed E-state index contributed by atoms with van der Waals surface area (Å²) < 4.78 is 5.01. The van der Waals surface area contributed by atoms with Crippen LogP contribution in [0.2, 0.25) is 0 Å². The number of halogens is 2. The molecule has 3 heteroatoms. The average molecular weight is 687 g/mol. The molecule has 4 aromatic carbocycles. The fourth-order valence-electron chi connectivity index (χ4n) is 6.60. The van der Waals surface area contributed by atoms with E-state index in [1.54, 1.807) is 20.9 Å². The molecule has 6 rings (SSSR count). The Morgan fingerprint density at radius 3 is 1.77 bits per heavy atom. The van der Waals surface area contributed by atoms with Crippen LogP contribution in [0.3, 0.4) is 0 Å². The molecule has 0 radical (unpaired) electrons. The fraction of sp³-hybridized carbons (Fsp3) is 0.275. The Balaban J connectivity index is 0.00000212. The first-order chi connectivity index (χ1) is 19.5. The molecule has 0 unspecified atom stereocenters. The third-order valence-electron chi connectivity index (χ3n) is 8.74. The first-order valence-electron chi connectivity index (χ1n) is 15.1.